The first-order valence-corrected chi connectivity index (χ1v) is 17.7. The lowest BCUT2D eigenvalue weighted by molar-refractivity contribution is -0.0221. The maximum absolute atomic E-state index is 14.2. The number of hydrogen-bond acceptors (Lipinski definition) is 8. The zero-order valence-corrected chi connectivity index (χ0v) is 28.2. The van der Waals surface area contributed by atoms with Crippen LogP contribution < -0.4 is 14.4 Å². The van der Waals surface area contributed by atoms with Gasteiger partial charge in [-0.15, -0.1) is 0 Å². The van der Waals surface area contributed by atoms with Crippen molar-refractivity contribution in [3.8, 4) is 11.5 Å². The number of aliphatic hydroxyl groups is 1. The molecule has 9 nitrogen and oxygen atoms in total. The van der Waals surface area contributed by atoms with E-state index >= 15 is 0 Å². The molecule has 0 saturated carbocycles. The minimum atomic E-state index is -3.82. The summed E-state index contributed by atoms with van der Waals surface area (Å²) >= 11 is 0. The minimum absolute atomic E-state index is 0.0547. The van der Waals surface area contributed by atoms with E-state index in [-0.39, 0.29) is 23.4 Å². The van der Waals surface area contributed by atoms with Crippen molar-refractivity contribution in [3.05, 3.63) is 83.4 Å². The Hall–Kier alpha value is -3.15. The van der Waals surface area contributed by atoms with Gasteiger partial charge < -0.3 is 29.0 Å². The van der Waals surface area contributed by atoms with E-state index in [1.165, 1.54) is 0 Å². The molecule has 1 fully saturated rings. The molecule has 1 saturated heterocycles. The zero-order valence-electron chi connectivity index (χ0n) is 27.4. The van der Waals surface area contributed by atoms with E-state index in [2.05, 4.69) is 11.0 Å². The minimum Gasteiger partial charge on any atom is -0.497 e. The van der Waals surface area contributed by atoms with E-state index in [9.17, 15) is 13.5 Å². The SMILES string of the molecule is COCCCN1CCOc2ccc(CO[C@H]3CN(S(=O)(=O)c4ccc(C)cc4)C(CCC(C)O)CC3c3ccc(OC)cc3)cc21. The third-order valence-corrected chi connectivity index (χ3v) is 11.0. The molecule has 0 aromatic heterocycles. The number of sulfonamides is 1. The molecular formula is C36H48N2O7S. The van der Waals surface area contributed by atoms with Crippen LogP contribution in [0.3, 0.4) is 0 Å². The molecule has 3 aromatic rings. The molecule has 46 heavy (non-hydrogen) atoms. The van der Waals surface area contributed by atoms with Crippen LogP contribution in [0.4, 0.5) is 5.69 Å². The molecule has 2 aliphatic heterocycles. The van der Waals surface area contributed by atoms with Crippen molar-refractivity contribution in [3.63, 3.8) is 0 Å². The smallest absolute Gasteiger partial charge is 0.243 e. The fourth-order valence-corrected chi connectivity index (χ4v) is 8.14. The largest absolute Gasteiger partial charge is 0.497 e. The molecule has 250 valence electrons. The summed E-state index contributed by atoms with van der Waals surface area (Å²) in [6.07, 6.45) is 1.61. The third-order valence-electron chi connectivity index (χ3n) is 9.05. The predicted molar refractivity (Wildman–Crippen MR) is 179 cm³/mol. The number of methoxy groups -OCH3 is 2. The van der Waals surface area contributed by atoms with Crippen LogP contribution in [0.2, 0.25) is 0 Å². The number of piperidine rings is 1. The molecule has 0 aliphatic carbocycles. The maximum atomic E-state index is 14.2. The van der Waals surface area contributed by atoms with Crippen LogP contribution >= 0.6 is 0 Å². The molecule has 0 bridgehead atoms. The van der Waals surface area contributed by atoms with Gasteiger partial charge in [0.05, 0.1) is 43.1 Å². The highest BCUT2D eigenvalue weighted by atomic mass is 32.2. The summed E-state index contributed by atoms with van der Waals surface area (Å²) in [6.45, 7) is 7.24. The van der Waals surface area contributed by atoms with Crippen molar-refractivity contribution in [1.82, 2.24) is 4.31 Å². The maximum Gasteiger partial charge on any atom is 0.243 e. The molecule has 3 aromatic carbocycles. The average molecular weight is 653 g/mol. The number of aryl methyl sites for hydroxylation is 1. The second kappa shape index (κ2) is 15.6. The van der Waals surface area contributed by atoms with Gasteiger partial charge in [-0.25, -0.2) is 8.42 Å². The Labute approximate surface area is 274 Å². The first-order valence-electron chi connectivity index (χ1n) is 16.2. The number of aliphatic hydroxyl groups excluding tert-OH is 1. The monoisotopic (exact) mass is 652 g/mol. The second-order valence-electron chi connectivity index (χ2n) is 12.4. The molecule has 0 spiro atoms. The van der Waals surface area contributed by atoms with Crippen molar-refractivity contribution in [2.24, 2.45) is 0 Å². The lowest BCUT2D eigenvalue weighted by atomic mass is 9.82. The van der Waals surface area contributed by atoms with E-state index in [4.69, 9.17) is 18.9 Å². The highest BCUT2D eigenvalue weighted by Crippen LogP contribution is 2.40. The molecule has 4 atom stereocenters. The van der Waals surface area contributed by atoms with E-state index in [0.717, 1.165) is 53.4 Å². The highest BCUT2D eigenvalue weighted by Gasteiger charge is 2.43. The Morgan fingerprint density at radius 3 is 2.50 bits per heavy atom. The van der Waals surface area contributed by atoms with E-state index < -0.39 is 22.2 Å². The van der Waals surface area contributed by atoms with Gasteiger partial charge in [0.1, 0.15) is 18.1 Å². The molecule has 2 aliphatic rings. The topological polar surface area (TPSA) is 97.8 Å². The van der Waals surface area contributed by atoms with Crippen LogP contribution in [0.25, 0.3) is 0 Å². The number of benzene rings is 3. The van der Waals surface area contributed by atoms with Gasteiger partial charge in [0.25, 0.3) is 0 Å². The summed E-state index contributed by atoms with van der Waals surface area (Å²) in [4.78, 5) is 2.59. The van der Waals surface area contributed by atoms with Gasteiger partial charge in [0.15, 0.2) is 0 Å². The molecular weight excluding hydrogens is 604 g/mol. The van der Waals surface area contributed by atoms with E-state index in [0.29, 0.717) is 39.1 Å². The summed E-state index contributed by atoms with van der Waals surface area (Å²) in [5, 5.41) is 10.2. The van der Waals surface area contributed by atoms with Crippen LogP contribution in [0, 0.1) is 6.92 Å². The summed E-state index contributed by atoms with van der Waals surface area (Å²) in [6, 6.07) is 20.8. The fraction of sp³-hybridized carbons (Fsp3) is 0.500. The number of hydrogen-bond donors (Lipinski definition) is 1. The predicted octanol–water partition coefficient (Wildman–Crippen LogP) is 5.53. The van der Waals surface area contributed by atoms with Crippen LogP contribution in [0.5, 0.6) is 11.5 Å². The Morgan fingerprint density at radius 1 is 1.04 bits per heavy atom. The zero-order chi connectivity index (χ0) is 32.7. The number of ether oxygens (including phenoxy) is 4. The fourth-order valence-electron chi connectivity index (χ4n) is 6.47. The molecule has 10 heteroatoms. The van der Waals surface area contributed by atoms with Crippen molar-refractivity contribution in [1.29, 1.82) is 0 Å². The first-order chi connectivity index (χ1) is 22.2. The van der Waals surface area contributed by atoms with Crippen molar-refractivity contribution in [2.75, 3.05) is 52.0 Å². The third kappa shape index (κ3) is 8.22. The standard InChI is InChI=1S/C36H48N2O7S/c1-26-6-15-32(16-7-26)46(40,41)38-24-36(33(23-30(38)12-8-27(2)39)29-10-13-31(43-4)14-11-29)45-25-28-9-17-35-34(22-28)37(19-21-44-35)18-5-20-42-3/h6-7,9-11,13-17,22,27,30,33,36,39H,5,8,12,18-21,23-25H2,1-4H3/t27?,30?,33?,36-/m0/s1. The van der Waals surface area contributed by atoms with Crippen molar-refractivity contribution >= 4 is 15.7 Å². The van der Waals surface area contributed by atoms with E-state index in [1.54, 1.807) is 37.6 Å². The van der Waals surface area contributed by atoms with Gasteiger partial charge in [-0.05, 0) is 87.1 Å². The summed E-state index contributed by atoms with van der Waals surface area (Å²) in [7, 11) is -0.460. The Bertz CT molecular complexity index is 1510. The number of anilines is 1. The van der Waals surface area contributed by atoms with Gasteiger partial charge in [-0.2, -0.15) is 4.31 Å². The van der Waals surface area contributed by atoms with Gasteiger partial charge in [-0.1, -0.05) is 35.9 Å². The van der Waals surface area contributed by atoms with Gasteiger partial charge >= 0.3 is 0 Å². The van der Waals surface area contributed by atoms with Crippen LogP contribution in [-0.4, -0.2) is 83.1 Å². The quantitative estimate of drug-likeness (QED) is 0.227. The van der Waals surface area contributed by atoms with Gasteiger partial charge in [0.2, 0.25) is 10.0 Å². The molecule has 0 amide bonds. The molecule has 1 N–H and O–H groups in total. The number of fused-ring (bicyclic) bond motifs is 1. The van der Waals surface area contributed by atoms with Gasteiger partial charge in [0, 0.05) is 38.8 Å². The van der Waals surface area contributed by atoms with Crippen LogP contribution in [0.1, 0.15) is 55.2 Å². The molecule has 2 heterocycles. The summed E-state index contributed by atoms with van der Waals surface area (Å²) in [5.74, 6) is 1.57. The number of nitrogens with zero attached hydrogens (tertiary/aromatic N) is 2. The lowest BCUT2D eigenvalue weighted by Gasteiger charge is -2.43. The van der Waals surface area contributed by atoms with Crippen molar-refractivity contribution in [2.45, 2.75) is 75.2 Å². The normalized spacial score (nSPS) is 21.0. The second-order valence-corrected chi connectivity index (χ2v) is 14.3. The Kier molecular flexibility index (Phi) is 11.6. The average Bonchev–Trinajstić information content (AvgIpc) is 3.06. The molecule has 3 unspecified atom stereocenters. The Morgan fingerprint density at radius 2 is 1.80 bits per heavy atom. The molecule has 5 rings (SSSR count). The van der Waals surface area contributed by atoms with Crippen molar-refractivity contribution < 1.29 is 32.5 Å². The van der Waals surface area contributed by atoms with Crippen LogP contribution in [0.15, 0.2) is 71.6 Å². The highest BCUT2D eigenvalue weighted by molar-refractivity contribution is 7.89. The molecule has 0 radical (unpaired) electrons. The lowest BCUT2D eigenvalue weighted by Crippen LogP contribution is -2.52. The number of rotatable bonds is 14. The summed E-state index contributed by atoms with van der Waals surface area (Å²) < 4.78 is 53.3. The summed E-state index contributed by atoms with van der Waals surface area (Å²) in [5.41, 5.74) is 4.11. The van der Waals surface area contributed by atoms with E-state index in [1.807, 2.05) is 55.5 Å². The van der Waals surface area contributed by atoms with Gasteiger partial charge in [-0.3, -0.25) is 0 Å². The van der Waals surface area contributed by atoms with Crippen LogP contribution in [-0.2, 0) is 26.1 Å². The first kappa shape index (κ1) is 34.2. The Balaban J connectivity index is 1.44.